The topological polar surface area (TPSA) is 75.2 Å². The summed E-state index contributed by atoms with van der Waals surface area (Å²) in [5.74, 6) is 0. The van der Waals surface area contributed by atoms with Crippen molar-refractivity contribution in [3.05, 3.63) is 28.7 Å². The largest absolute Gasteiger partial charge is 0.416 e. The molecule has 1 aromatic rings. The van der Waals surface area contributed by atoms with Gasteiger partial charge in [-0.25, -0.2) is 4.79 Å². The molecule has 2 rings (SSSR count). The zero-order valence-electron chi connectivity index (χ0n) is 14.7. The fourth-order valence-electron chi connectivity index (χ4n) is 2.81. The highest BCUT2D eigenvalue weighted by Crippen LogP contribution is 2.28. The number of halogens is 1. The van der Waals surface area contributed by atoms with Crippen LogP contribution in [0, 0.1) is 0 Å². The first-order chi connectivity index (χ1) is 12.0. The Morgan fingerprint density at radius 3 is 2.36 bits per heavy atom. The molecule has 0 aromatic heterocycles. The minimum Gasteiger partial charge on any atom is -0.416 e. The molecule has 8 heteroatoms. The Morgan fingerprint density at radius 1 is 1.16 bits per heavy atom. The molecule has 25 heavy (non-hydrogen) atoms. The van der Waals surface area contributed by atoms with Crippen molar-refractivity contribution in [1.29, 1.82) is 0 Å². The predicted octanol–water partition coefficient (Wildman–Crippen LogP) is 3.18. The lowest BCUT2D eigenvalue weighted by atomic mass is 9.99. The second-order valence-corrected chi connectivity index (χ2v) is 6.48. The van der Waals surface area contributed by atoms with Crippen LogP contribution in [0.3, 0.4) is 0 Å². The molecule has 0 radical (unpaired) electrons. The van der Waals surface area contributed by atoms with Gasteiger partial charge in [-0.2, -0.15) is 0 Å². The fraction of sp³-hybridized carbons (Fsp3) is 0.588. The normalized spacial score (nSPS) is 29.2. The average Bonchev–Trinajstić information content (AvgIpc) is 2.57. The lowest BCUT2D eigenvalue weighted by Crippen LogP contribution is -2.60. The Balaban J connectivity index is 2.05. The minimum absolute atomic E-state index is 0.320. The van der Waals surface area contributed by atoms with E-state index in [4.69, 9.17) is 23.7 Å². The van der Waals surface area contributed by atoms with Gasteiger partial charge < -0.3 is 23.7 Å². The molecule has 1 heterocycles. The van der Waals surface area contributed by atoms with Crippen molar-refractivity contribution in [2.45, 2.75) is 44.6 Å². The van der Waals surface area contributed by atoms with Crippen molar-refractivity contribution in [3.8, 4) is 0 Å². The van der Waals surface area contributed by atoms with Crippen molar-refractivity contribution < 1.29 is 28.5 Å². The van der Waals surface area contributed by atoms with Crippen molar-refractivity contribution >= 4 is 27.7 Å². The second-order valence-electron chi connectivity index (χ2n) is 5.57. The third-order valence-corrected chi connectivity index (χ3v) is 4.47. The summed E-state index contributed by atoms with van der Waals surface area (Å²) in [6.45, 7) is 4.21. The molecule has 5 unspecified atom stereocenters. The molecule has 140 valence electrons. The molecule has 1 aliphatic heterocycles. The zero-order valence-corrected chi connectivity index (χ0v) is 16.3. The molecule has 5 atom stereocenters. The highest BCUT2D eigenvalue weighted by Gasteiger charge is 2.47. The molecule has 0 spiro atoms. The first kappa shape index (κ1) is 20.1. The third-order valence-electron chi connectivity index (χ3n) is 3.94. The number of ether oxygens (including phenoxy) is 5. The van der Waals surface area contributed by atoms with E-state index in [1.54, 1.807) is 19.2 Å². The van der Waals surface area contributed by atoms with Gasteiger partial charge in [0.2, 0.25) is 6.29 Å². The van der Waals surface area contributed by atoms with Gasteiger partial charge in [-0.1, -0.05) is 15.9 Å². The predicted molar refractivity (Wildman–Crippen MR) is 95.6 cm³/mol. The summed E-state index contributed by atoms with van der Waals surface area (Å²) in [6.07, 6.45) is -3.19. The van der Waals surface area contributed by atoms with E-state index in [2.05, 4.69) is 21.2 Å². The molecule has 7 nitrogen and oxygen atoms in total. The Labute approximate surface area is 156 Å². The molecule has 1 aromatic carbocycles. The van der Waals surface area contributed by atoms with Gasteiger partial charge >= 0.3 is 6.09 Å². The van der Waals surface area contributed by atoms with Gasteiger partial charge in [-0.3, -0.25) is 5.32 Å². The van der Waals surface area contributed by atoms with Crippen LogP contribution >= 0.6 is 15.9 Å². The molecule has 1 aliphatic rings. The number of carbonyl (C=O) groups excluding carboxylic acids is 1. The van der Waals surface area contributed by atoms with Crippen LogP contribution in [-0.2, 0) is 23.7 Å². The summed E-state index contributed by atoms with van der Waals surface area (Å²) in [5, 5.41) is 2.66. The lowest BCUT2D eigenvalue weighted by Gasteiger charge is -2.43. The summed E-state index contributed by atoms with van der Waals surface area (Å²) in [6, 6.07) is 7.16. The smallest absolute Gasteiger partial charge is 0.414 e. The van der Waals surface area contributed by atoms with Crippen LogP contribution in [0.15, 0.2) is 28.7 Å². The summed E-state index contributed by atoms with van der Waals surface area (Å²) >= 11 is 3.34. The number of anilines is 1. The summed E-state index contributed by atoms with van der Waals surface area (Å²) < 4.78 is 28.8. The molecular weight excluding hydrogens is 394 g/mol. The molecule has 1 N–H and O–H groups in total. The van der Waals surface area contributed by atoms with Crippen molar-refractivity contribution in [2.24, 2.45) is 0 Å². The highest BCUT2D eigenvalue weighted by molar-refractivity contribution is 9.10. The summed E-state index contributed by atoms with van der Waals surface area (Å²) in [4.78, 5) is 12.2. The number of rotatable bonds is 6. The first-order valence-electron chi connectivity index (χ1n) is 8.06. The molecular formula is C17H24BrNO6. The Morgan fingerprint density at radius 2 is 1.80 bits per heavy atom. The van der Waals surface area contributed by atoms with Gasteiger partial charge in [0.15, 0.2) is 0 Å². The van der Waals surface area contributed by atoms with Crippen LogP contribution in [0.2, 0.25) is 0 Å². The van der Waals surface area contributed by atoms with E-state index in [0.717, 1.165) is 4.47 Å². The molecule has 0 saturated carbocycles. The van der Waals surface area contributed by atoms with Gasteiger partial charge in [0.05, 0.1) is 6.10 Å². The first-order valence-corrected chi connectivity index (χ1v) is 8.85. The van der Waals surface area contributed by atoms with Crippen molar-refractivity contribution in [3.63, 3.8) is 0 Å². The van der Waals surface area contributed by atoms with Crippen LogP contribution < -0.4 is 5.32 Å². The number of nitrogens with one attached hydrogen (secondary N) is 1. The number of methoxy groups -OCH3 is 2. The third kappa shape index (κ3) is 5.15. The fourth-order valence-corrected chi connectivity index (χ4v) is 3.07. The van der Waals surface area contributed by atoms with Gasteiger partial charge in [-0.05, 0) is 38.1 Å². The van der Waals surface area contributed by atoms with E-state index >= 15 is 0 Å². The van der Waals surface area contributed by atoms with E-state index in [0.29, 0.717) is 12.3 Å². The number of amides is 1. The monoisotopic (exact) mass is 417 g/mol. The Bertz CT molecular complexity index is 555. The molecule has 1 saturated heterocycles. The van der Waals surface area contributed by atoms with E-state index in [1.807, 2.05) is 26.0 Å². The lowest BCUT2D eigenvalue weighted by molar-refractivity contribution is -0.292. The SMILES string of the molecule is CCOC1C(OC)C(C)OC(OC(=O)Nc2ccc(Br)cc2)C1OC. The van der Waals surface area contributed by atoms with Crippen molar-refractivity contribution in [1.82, 2.24) is 0 Å². The quantitative estimate of drug-likeness (QED) is 0.765. The summed E-state index contributed by atoms with van der Waals surface area (Å²) in [7, 11) is 3.11. The van der Waals surface area contributed by atoms with E-state index in [1.165, 1.54) is 7.11 Å². The number of carbonyl (C=O) groups is 1. The number of benzene rings is 1. The average molecular weight is 418 g/mol. The van der Waals surface area contributed by atoms with Crippen LogP contribution in [0.4, 0.5) is 10.5 Å². The van der Waals surface area contributed by atoms with Crippen LogP contribution in [-0.4, -0.2) is 57.6 Å². The van der Waals surface area contributed by atoms with Crippen LogP contribution in [0.5, 0.6) is 0 Å². The van der Waals surface area contributed by atoms with Crippen molar-refractivity contribution in [2.75, 3.05) is 26.1 Å². The number of hydrogen-bond donors (Lipinski definition) is 1. The molecule has 0 aliphatic carbocycles. The second kappa shape index (κ2) is 9.49. The zero-order chi connectivity index (χ0) is 18.4. The van der Waals surface area contributed by atoms with E-state index < -0.39 is 24.6 Å². The highest BCUT2D eigenvalue weighted by atomic mass is 79.9. The van der Waals surface area contributed by atoms with Gasteiger partial charge in [-0.15, -0.1) is 0 Å². The van der Waals surface area contributed by atoms with E-state index in [-0.39, 0.29) is 12.2 Å². The van der Waals surface area contributed by atoms with Crippen LogP contribution in [0.25, 0.3) is 0 Å². The van der Waals surface area contributed by atoms with Gasteiger partial charge in [0, 0.05) is 31.0 Å². The Hall–Kier alpha value is -1.19. The summed E-state index contributed by atoms with van der Waals surface area (Å²) in [5.41, 5.74) is 0.613. The molecule has 0 bridgehead atoms. The number of hydrogen-bond acceptors (Lipinski definition) is 6. The minimum atomic E-state index is -0.904. The Kier molecular flexibility index (Phi) is 7.64. The van der Waals surface area contributed by atoms with Crippen LogP contribution in [0.1, 0.15) is 13.8 Å². The van der Waals surface area contributed by atoms with Gasteiger partial charge in [0.1, 0.15) is 18.3 Å². The maximum Gasteiger partial charge on any atom is 0.414 e. The maximum atomic E-state index is 12.2. The van der Waals surface area contributed by atoms with E-state index in [9.17, 15) is 4.79 Å². The standard InChI is InChI=1S/C17H24BrNO6/c1-5-23-14-13(21-3)10(2)24-16(15(14)22-4)25-17(20)19-12-8-6-11(18)7-9-12/h6-10,13-16H,5H2,1-4H3,(H,19,20). The maximum absolute atomic E-state index is 12.2. The van der Waals surface area contributed by atoms with Gasteiger partial charge in [0.25, 0.3) is 0 Å². The molecule has 1 fully saturated rings. The molecule has 1 amide bonds.